The van der Waals surface area contributed by atoms with Gasteiger partial charge in [-0.15, -0.1) is 0 Å². The van der Waals surface area contributed by atoms with Crippen molar-refractivity contribution in [1.29, 1.82) is 0 Å². The summed E-state index contributed by atoms with van der Waals surface area (Å²) < 4.78 is 15.3. The zero-order valence-electron chi connectivity index (χ0n) is 11.5. The molecule has 0 saturated heterocycles. The van der Waals surface area contributed by atoms with E-state index in [0.717, 1.165) is 26.6 Å². The van der Waals surface area contributed by atoms with Crippen molar-refractivity contribution in [2.24, 2.45) is 0 Å². The van der Waals surface area contributed by atoms with E-state index in [2.05, 4.69) is 44.1 Å². The molecule has 0 bridgehead atoms. The summed E-state index contributed by atoms with van der Waals surface area (Å²) in [5.74, 6) is -0.223. The summed E-state index contributed by atoms with van der Waals surface area (Å²) in [4.78, 5) is 0. The minimum atomic E-state index is -0.223. The van der Waals surface area contributed by atoms with Gasteiger partial charge in [0.25, 0.3) is 0 Å². The Labute approximate surface area is 146 Å². The molecular weight excluding hydrogens is 420 g/mol. The molecule has 5 heteroatoms. The van der Waals surface area contributed by atoms with Crippen LogP contribution in [-0.2, 0) is 6.42 Å². The zero-order valence-corrected chi connectivity index (χ0v) is 15.4. The highest BCUT2D eigenvalue weighted by molar-refractivity contribution is 9.10. The van der Waals surface area contributed by atoms with Gasteiger partial charge in [0.15, 0.2) is 0 Å². The third-order valence-corrected chi connectivity index (χ3v) is 4.92. The van der Waals surface area contributed by atoms with E-state index >= 15 is 0 Å². The fourth-order valence-electron chi connectivity index (χ4n) is 2.24. The number of likely N-dealkylation sites (N-methyl/N-ethyl adjacent to an activating group) is 1. The maximum atomic E-state index is 13.5. The smallest absolute Gasteiger partial charge is 0.123 e. The summed E-state index contributed by atoms with van der Waals surface area (Å²) in [7, 11) is 0. The van der Waals surface area contributed by atoms with Gasteiger partial charge in [-0.3, -0.25) is 0 Å². The van der Waals surface area contributed by atoms with E-state index in [-0.39, 0.29) is 11.9 Å². The molecule has 2 aromatic rings. The summed E-state index contributed by atoms with van der Waals surface area (Å²) in [6.45, 7) is 2.88. The minimum absolute atomic E-state index is 0.0831. The van der Waals surface area contributed by atoms with Crippen molar-refractivity contribution in [3.8, 4) is 0 Å². The Balaban J connectivity index is 2.32. The van der Waals surface area contributed by atoms with Gasteiger partial charge in [-0.05, 0) is 54.4 Å². The topological polar surface area (TPSA) is 12.0 Å². The van der Waals surface area contributed by atoms with Gasteiger partial charge in [0.05, 0.1) is 0 Å². The van der Waals surface area contributed by atoms with Crippen molar-refractivity contribution >= 4 is 43.5 Å². The summed E-state index contributed by atoms with van der Waals surface area (Å²) >= 11 is 13.0. The largest absolute Gasteiger partial charge is 0.310 e. The Kier molecular flexibility index (Phi) is 6.23. The van der Waals surface area contributed by atoms with E-state index in [9.17, 15) is 4.39 Å². The Hall–Kier alpha value is -0.420. The first-order chi connectivity index (χ1) is 10.0. The average Bonchev–Trinajstić information content (AvgIpc) is 2.42. The van der Waals surface area contributed by atoms with Crippen LogP contribution in [0.5, 0.6) is 0 Å². The van der Waals surface area contributed by atoms with Crippen molar-refractivity contribution in [3.63, 3.8) is 0 Å². The summed E-state index contributed by atoms with van der Waals surface area (Å²) in [5.41, 5.74) is 2.04. The summed E-state index contributed by atoms with van der Waals surface area (Å²) in [6.07, 6.45) is 0.687. The van der Waals surface area contributed by atoms with Gasteiger partial charge < -0.3 is 5.32 Å². The van der Waals surface area contributed by atoms with Crippen molar-refractivity contribution in [3.05, 3.63) is 67.3 Å². The second-order valence-corrected chi connectivity index (χ2v) is 6.86. The average molecular weight is 436 g/mol. The molecule has 21 heavy (non-hydrogen) atoms. The van der Waals surface area contributed by atoms with Crippen LogP contribution >= 0.6 is 43.5 Å². The molecule has 0 aliphatic heterocycles. The Bertz CT molecular complexity index is 634. The lowest BCUT2D eigenvalue weighted by atomic mass is 9.98. The van der Waals surface area contributed by atoms with Crippen LogP contribution in [0.2, 0.25) is 5.02 Å². The molecule has 2 aromatic carbocycles. The molecule has 2 rings (SSSR count). The van der Waals surface area contributed by atoms with Gasteiger partial charge in [-0.1, -0.05) is 56.5 Å². The van der Waals surface area contributed by atoms with E-state index in [1.807, 2.05) is 18.2 Å². The molecule has 0 saturated carbocycles. The quantitative estimate of drug-likeness (QED) is 0.617. The predicted molar refractivity (Wildman–Crippen MR) is 93.4 cm³/mol. The van der Waals surface area contributed by atoms with Crippen molar-refractivity contribution in [2.45, 2.75) is 19.4 Å². The highest BCUT2D eigenvalue weighted by Crippen LogP contribution is 2.30. The Morgan fingerprint density at radius 2 is 1.90 bits per heavy atom. The lowest BCUT2D eigenvalue weighted by Crippen LogP contribution is -2.23. The highest BCUT2D eigenvalue weighted by Gasteiger charge is 2.16. The van der Waals surface area contributed by atoms with Crippen LogP contribution < -0.4 is 5.32 Å². The lowest BCUT2D eigenvalue weighted by molar-refractivity contribution is 0.544. The van der Waals surface area contributed by atoms with Crippen LogP contribution in [0.4, 0.5) is 4.39 Å². The predicted octanol–water partition coefficient (Wildman–Crippen LogP) is 5.90. The number of nitrogens with one attached hydrogen (secondary N) is 1. The molecule has 0 aliphatic rings. The first-order valence-corrected chi connectivity index (χ1v) is 8.60. The monoisotopic (exact) mass is 433 g/mol. The van der Waals surface area contributed by atoms with Gasteiger partial charge in [0, 0.05) is 20.0 Å². The fourth-order valence-corrected chi connectivity index (χ4v) is 3.61. The van der Waals surface area contributed by atoms with E-state index in [4.69, 9.17) is 11.6 Å². The number of rotatable bonds is 5. The van der Waals surface area contributed by atoms with Crippen molar-refractivity contribution in [2.75, 3.05) is 6.54 Å². The number of halogens is 4. The zero-order chi connectivity index (χ0) is 15.4. The molecule has 112 valence electrons. The maximum absolute atomic E-state index is 13.5. The first-order valence-electron chi connectivity index (χ1n) is 6.63. The van der Waals surface area contributed by atoms with Gasteiger partial charge in [-0.2, -0.15) is 0 Å². The third-order valence-electron chi connectivity index (χ3n) is 3.22. The normalized spacial score (nSPS) is 12.4. The summed E-state index contributed by atoms with van der Waals surface area (Å²) in [6, 6.07) is 10.6. The van der Waals surface area contributed by atoms with E-state index < -0.39 is 0 Å². The molecule has 0 radical (unpaired) electrons. The number of hydrogen-bond acceptors (Lipinski definition) is 1. The van der Waals surface area contributed by atoms with Crippen LogP contribution in [0, 0.1) is 5.82 Å². The van der Waals surface area contributed by atoms with Crippen LogP contribution in [0.15, 0.2) is 45.3 Å². The molecule has 0 heterocycles. The Morgan fingerprint density at radius 3 is 2.57 bits per heavy atom. The highest BCUT2D eigenvalue weighted by atomic mass is 79.9. The third kappa shape index (κ3) is 4.52. The van der Waals surface area contributed by atoms with Gasteiger partial charge in [0.1, 0.15) is 5.82 Å². The van der Waals surface area contributed by atoms with Crippen LogP contribution in [0.3, 0.4) is 0 Å². The molecule has 0 aromatic heterocycles. The molecule has 0 spiro atoms. The van der Waals surface area contributed by atoms with Gasteiger partial charge >= 0.3 is 0 Å². The SMILES string of the molecule is CCNC(Cc1cc(F)ccc1Br)c1ccc(Cl)cc1Br. The van der Waals surface area contributed by atoms with E-state index in [0.29, 0.717) is 11.4 Å². The molecular formula is C16H15Br2ClFN. The van der Waals surface area contributed by atoms with E-state index in [1.165, 1.54) is 6.07 Å². The molecule has 1 N–H and O–H groups in total. The lowest BCUT2D eigenvalue weighted by Gasteiger charge is -2.21. The van der Waals surface area contributed by atoms with Crippen molar-refractivity contribution < 1.29 is 4.39 Å². The molecule has 1 nitrogen and oxygen atoms in total. The molecule has 1 unspecified atom stereocenters. The van der Waals surface area contributed by atoms with Gasteiger partial charge in [0.2, 0.25) is 0 Å². The van der Waals surface area contributed by atoms with Crippen LogP contribution in [-0.4, -0.2) is 6.54 Å². The van der Waals surface area contributed by atoms with Crippen LogP contribution in [0.25, 0.3) is 0 Å². The molecule has 0 fully saturated rings. The number of hydrogen-bond donors (Lipinski definition) is 1. The van der Waals surface area contributed by atoms with Crippen molar-refractivity contribution in [1.82, 2.24) is 5.32 Å². The van der Waals surface area contributed by atoms with Crippen LogP contribution in [0.1, 0.15) is 24.1 Å². The molecule has 0 amide bonds. The first kappa shape index (κ1) is 16.9. The standard InChI is InChI=1S/C16H15Br2ClFN/c1-2-21-16(13-5-3-11(19)9-15(13)18)8-10-7-12(20)4-6-14(10)17/h3-7,9,16,21H,2,8H2,1H3. The molecule has 0 aliphatic carbocycles. The second kappa shape index (κ2) is 7.73. The second-order valence-electron chi connectivity index (χ2n) is 4.72. The Morgan fingerprint density at radius 1 is 1.14 bits per heavy atom. The number of benzene rings is 2. The maximum Gasteiger partial charge on any atom is 0.123 e. The van der Waals surface area contributed by atoms with Gasteiger partial charge in [-0.25, -0.2) is 4.39 Å². The summed E-state index contributed by atoms with van der Waals surface area (Å²) in [5, 5.41) is 4.13. The fraction of sp³-hybridized carbons (Fsp3) is 0.250. The molecule has 1 atom stereocenters. The minimum Gasteiger partial charge on any atom is -0.310 e. The van der Waals surface area contributed by atoms with E-state index in [1.54, 1.807) is 12.1 Å².